The zero-order valence-corrected chi connectivity index (χ0v) is 17.4. The molecule has 7 nitrogen and oxygen atoms in total. The molecule has 2 aromatic carbocycles. The molecule has 0 aromatic heterocycles. The molecule has 2 aromatic rings. The summed E-state index contributed by atoms with van der Waals surface area (Å²) in [6.45, 7) is 0.809. The summed E-state index contributed by atoms with van der Waals surface area (Å²) in [5, 5.41) is -0.210. The number of nitrogens with zero attached hydrogens (tertiary/aromatic N) is 1. The highest BCUT2D eigenvalue weighted by Gasteiger charge is 2.38. The Morgan fingerprint density at radius 1 is 1.03 bits per heavy atom. The van der Waals surface area contributed by atoms with Gasteiger partial charge in [0.05, 0.1) is 33.6 Å². The number of methoxy groups -OCH3 is 3. The van der Waals surface area contributed by atoms with E-state index in [1.807, 2.05) is 41.3 Å². The molecule has 1 fully saturated rings. The molecule has 29 heavy (non-hydrogen) atoms. The maximum Gasteiger partial charge on any atom is 0.233 e. The van der Waals surface area contributed by atoms with Gasteiger partial charge in [-0.25, -0.2) is 0 Å². The third kappa shape index (κ3) is 3.64. The molecule has 0 spiro atoms. The molecule has 0 saturated carbocycles. The van der Waals surface area contributed by atoms with Gasteiger partial charge in [0.1, 0.15) is 12.0 Å². The second-order valence-electron chi connectivity index (χ2n) is 6.63. The van der Waals surface area contributed by atoms with Gasteiger partial charge in [-0.2, -0.15) is 0 Å². The maximum absolute atomic E-state index is 12.7. The number of carbonyl (C=O) groups excluding carboxylic acids is 1. The largest absolute Gasteiger partial charge is 0.493 e. The van der Waals surface area contributed by atoms with Crippen molar-refractivity contribution in [1.29, 1.82) is 0 Å². The lowest BCUT2D eigenvalue weighted by Gasteiger charge is -2.32. The Hall–Kier alpha value is -2.74. The van der Waals surface area contributed by atoms with Gasteiger partial charge in [0, 0.05) is 5.56 Å². The number of rotatable bonds is 6. The van der Waals surface area contributed by atoms with Gasteiger partial charge in [0.2, 0.25) is 11.7 Å². The zero-order valence-electron chi connectivity index (χ0n) is 16.5. The predicted molar refractivity (Wildman–Crippen MR) is 109 cm³/mol. The van der Waals surface area contributed by atoms with Crippen LogP contribution in [0.3, 0.4) is 0 Å². The molecule has 2 heterocycles. The predicted octanol–water partition coefficient (Wildman–Crippen LogP) is 3.13. The van der Waals surface area contributed by atoms with Crippen molar-refractivity contribution in [2.24, 2.45) is 0 Å². The lowest BCUT2D eigenvalue weighted by molar-refractivity contribution is -0.129. The summed E-state index contributed by atoms with van der Waals surface area (Å²) in [6, 6.07) is 11.3. The van der Waals surface area contributed by atoms with E-state index in [1.165, 1.54) is 0 Å². The van der Waals surface area contributed by atoms with Gasteiger partial charge >= 0.3 is 0 Å². The van der Waals surface area contributed by atoms with Crippen molar-refractivity contribution in [3.63, 3.8) is 0 Å². The Morgan fingerprint density at radius 2 is 1.79 bits per heavy atom. The molecule has 0 N–H and O–H groups in total. The van der Waals surface area contributed by atoms with E-state index >= 15 is 0 Å². The minimum absolute atomic E-state index is 0.0549. The Kier molecular flexibility index (Phi) is 5.62. The average Bonchev–Trinajstić information content (AvgIpc) is 3.12. The quantitative estimate of drug-likeness (QED) is 0.715. The highest BCUT2D eigenvalue weighted by molar-refractivity contribution is 8.00. The molecule has 1 amide bonds. The molecule has 2 aliphatic heterocycles. The maximum atomic E-state index is 12.7. The van der Waals surface area contributed by atoms with Gasteiger partial charge in [-0.05, 0) is 24.3 Å². The summed E-state index contributed by atoms with van der Waals surface area (Å²) in [4.78, 5) is 14.5. The first-order valence-corrected chi connectivity index (χ1v) is 10.3. The van der Waals surface area contributed by atoms with Crippen molar-refractivity contribution in [3.8, 4) is 28.7 Å². The van der Waals surface area contributed by atoms with Crippen LogP contribution >= 0.6 is 11.8 Å². The summed E-state index contributed by atoms with van der Waals surface area (Å²) in [5.41, 5.74) is 0.859. The van der Waals surface area contributed by atoms with Crippen LogP contribution < -0.4 is 23.7 Å². The molecule has 8 heteroatoms. The van der Waals surface area contributed by atoms with Crippen LogP contribution in [0.4, 0.5) is 0 Å². The summed E-state index contributed by atoms with van der Waals surface area (Å²) in [5.74, 6) is 3.53. The Balaban J connectivity index is 1.59. The van der Waals surface area contributed by atoms with Crippen LogP contribution in [-0.4, -0.2) is 57.1 Å². The van der Waals surface area contributed by atoms with Crippen LogP contribution in [0.25, 0.3) is 0 Å². The van der Waals surface area contributed by atoms with Gasteiger partial charge in [-0.1, -0.05) is 12.1 Å². The molecule has 0 aliphatic carbocycles. The molecule has 2 unspecified atom stereocenters. The smallest absolute Gasteiger partial charge is 0.233 e. The van der Waals surface area contributed by atoms with Crippen LogP contribution in [0.5, 0.6) is 28.7 Å². The molecule has 0 radical (unpaired) electrons. The summed E-state index contributed by atoms with van der Waals surface area (Å²) >= 11 is 1.55. The summed E-state index contributed by atoms with van der Waals surface area (Å²) in [7, 11) is 4.73. The van der Waals surface area contributed by atoms with Crippen molar-refractivity contribution < 1.29 is 28.5 Å². The molecule has 2 aliphatic rings. The fourth-order valence-electron chi connectivity index (χ4n) is 3.60. The molecule has 154 valence electrons. The Morgan fingerprint density at radius 3 is 2.52 bits per heavy atom. The van der Waals surface area contributed by atoms with Crippen molar-refractivity contribution >= 4 is 17.7 Å². The highest BCUT2D eigenvalue weighted by Crippen LogP contribution is 2.48. The van der Waals surface area contributed by atoms with Gasteiger partial charge in [0.25, 0.3) is 0 Å². The fraction of sp³-hybridized carbons (Fsp3) is 0.381. The number of ether oxygens (including phenoxy) is 5. The molecule has 4 rings (SSSR count). The number of para-hydroxylation sites is 2. The van der Waals surface area contributed by atoms with E-state index in [9.17, 15) is 4.79 Å². The van der Waals surface area contributed by atoms with Crippen LogP contribution in [-0.2, 0) is 4.79 Å². The summed E-state index contributed by atoms with van der Waals surface area (Å²) < 4.78 is 28.4. The second-order valence-corrected chi connectivity index (χ2v) is 7.70. The third-order valence-electron chi connectivity index (χ3n) is 4.94. The first-order valence-electron chi connectivity index (χ1n) is 9.24. The number of thioether (sulfide) groups is 1. The van der Waals surface area contributed by atoms with Gasteiger partial charge in [-0.15, -0.1) is 11.8 Å². The van der Waals surface area contributed by atoms with E-state index in [-0.39, 0.29) is 17.4 Å². The van der Waals surface area contributed by atoms with E-state index in [2.05, 4.69) is 0 Å². The normalized spacial score (nSPS) is 20.5. The molecular weight excluding hydrogens is 394 g/mol. The van der Waals surface area contributed by atoms with Crippen LogP contribution in [0.2, 0.25) is 0 Å². The van der Waals surface area contributed by atoms with Gasteiger partial charge in [-0.3, -0.25) is 4.79 Å². The number of hydrogen-bond donors (Lipinski definition) is 0. The number of benzene rings is 2. The second kappa shape index (κ2) is 8.32. The van der Waals surface area contributed by atoms with Gasteiger partial charge < -0.3 is 28.6 Å². The van der Waals surface area contributed by atoms with E-state index < -0.39 is 0 Å². The van der Waals surface area contributed by atoms with E-state index in [1.54, 1.807) is 33.1 Å². The minimum atomic E-state index is -0.249. The monoisotopic (exact) mass is 417 g/mol. The molecule has 1 saturated heterocycles. The molecular formula is C21H23NO6S. The molecule has 0 bridgehead atoms. The van der Waals surface area contributed by atoms with E-state index in [0.29, 0.717) is 41.9 Å². The number of amides is 1. The Labute approximate surface area is 173 Å². The molecule has 2 atom stereocenters. The van der Waals surface area contributed by atoms with Crippen molar-refractivity contribution in [3.05, 3.63) is 42.0 Å². The number of fused-ring (bicyclic) bond motifs is 1. The third-order valence-corrected chi connectivity index (χ3v) is 6.17. The van der Waals surface area contributed by atoms with Crippen molar-refractivity contribution in [2.45, 2.75) is 11.5 Å². The van der Waals surface area contributed by atoms with Crippen molar-refractivity contribution in [1.82, 2.24) is 4.90 Å². The van der Waals surface area contributed by atoms with E-state index in [0.717, 1.165) is 11.3 Å². The van der Waals surface area contributed by atoms with Crippen LogP contribution in [0.1, 0.15) is 10.9 Å². The summed E-state index contributed by atoms with van der Waals surface area (Å²) in [6.07, 6.45) is -0.249. The number of hydrogen-bond acceptors (Lipinski definition) is 7. The first kappa shape index (κ1) is 19.6. The van der Waals surface area contributed by atoms with Crippen LogP contribution in [0.15, 0.2) is 36.4 Å². The standard InChI is InChI=1S/C21H23NO6S/c1-24-17-9-8-14(19(25-2)20(17)26-3)21-22(18(23)12-29-21)10-13-11-27-15-6-4-5-7-16(15)28-13/h4-9,13,21H,10-12H2,1-3H3. The lowest BCUT2D eigenvalue weighted by Crippen LogP contribution is -2.42. The zero-order chi connectivity index (χ0) is 20.4. The highest BCUT2D eigenvalue weighted by atomic mass is 32.2. The topological polar surface area (TPSA) is 66.5 Å². The SMILES string of the molecule is COc1ccc(C2SCC(=O)N2CC2COc3ccccc3O2)c(OC)c1OC. The number of carbonyl (C=O) groups is 1. The lowest BCUT2D eigenvalue weighted by atomic mass is 10.1. The fourth-order valence-corrected chi connectivity index (χ4v) is 4.82. The van der Waals surface area contributed by atoms with Gasteiger partial charge in [0.15, 0.2) is 29.1 Å². The minimum Gasteiger partial charge on any atom is -0.493 e. The van der Waals surface area contributed by atoms with E-state index in [4.69, 9.17) is 23.7 Å². The van der Waals surface area contributed by atoms with Crippen LogP contribution in [0, 0.1) is 0 Å². The Bertz CT molecular complexity index is 905. The average molecular weight is 417 g/mol. The first-order chi connectivity index (χ1) is 14.2. The van der Waals surface area contributed by atoms with Crippen molar-refractivity contribution in [2.75, 3.05) is 40.2 Å².